The van der Waals surface area contributed by atoms with Gasteiger partial charge in [-0.15, -0.1) is 0 Å². The van der Waals surface area contributed by atoms with Crippen LogP contribution in [0.25, 0.3) is 0 Å². The molecule has 1 N–H and O–H groups in total. The van der Waals surface area contributed by atoms with Crippen LogP contribution in [0, 0.1) is 5.82 Å². The zero-order valence-electron chi connectivity index (χ0n) is 13.4. The topological polar surface area (TPSA) is 55.8 Å². The summed E-state index contributed by atoms with van der Waals surface area (Å²) in [4.78, 5) is 9.00. The summed E-state index contributed by atoms with van der Waals surface area (Å²) in [5.41, 5.74) is 3.00. The first-order chi connectivity index (χ1) is 11.5. The van der Waals surface area contributed by atoms with E-state index >= 15 is 0 Å². The molecule has 1 aliphatic heterocycles. The molecule has 0 amide bonds. The monoisotopic (exact) mass is 330 g/mol. The zero-order valence-corrected chi connectivity index (χ0v) is 13.4. The second kappa shape index (κ2) is 6.91. The minimum Gasteiger partial charge on any atom is -0.493 e. The molecule has 1 aliphatic carbocycles. The Bertz CT molecular complexity index is 753. The summed E-state index contributed by atoms with van der Waals surface area (Å²) in [5, 5.41) is 7.42. The van der Waals surface area contributed by atoms with Crippen molar-refractivity contribution in [1.29, 1.82) is 0 Å². The van der Waals surface area contributed by atoms with E-state index in [2.05, 4.69) is 0 Å². The summed E-state index contributed by atoms with van der Waals surface area (Å²) in [6.45, 7) is 1.82. The zero-order chi connectivity index (χ0) is 17.1. The highest BCUT2D eigenvalue weighted by molar-refractivity contribution is 5.62. The third-order valence-corrected chi connectivity index (χ3v) is 4.09. The number of hydrogen-bond acceptors (Lipinski definition) is 3. The van der Waals surface area contributed by atoms with Crippen LogP contribution in [0.15, 0.2) is 36.4 Å². The van der Waals surface area contributed by atoms with Crippen LogP contribution in [0.2, 0.25) is 0 Å². The molecule has 1 heterocycles. The fraction of sp³-hybridized carbons (Fsp3) is 0.316. The Morgan fingerprint density at radius 2 is 2.04 bits per heavy atom. The van der Waals surface area contributed by atoms with Gasteiger partial charge in [-0.3, -0.25) is 4.79 Å². The summed E-state index contributed by atoms with van der Waals surface area (Å²) in [6.07, 6.45) is 2.47. The smallest absolute Gasteiger partial charge is 0.300 e. The predicted molar refractivity (Wildman–Crippen MR) is 87.0 cm³/mol. The lowest BCUT2D eigenvalue weighted by Crippen LogP contribution is -2.05. The average Bonchev–Trinajstić information content (AvgIpc) is 3.14. The van der Waals surface area contributed by atoms with Crippen LogP contribution in [0.4, 0.5) is 4.39 Å². The predicted octanol–water partition coefficient (Wildman–Crippen LogP) is 3.92. The first-order valence-electron chi connectivity index (χ1n) is 7.94. The van der Waals surface area contributed by atoms with Crippen LogP contribution in [0.5, 0.6) is 11.5 Å². The van der Waals surface area contributed by atoms with Crippen molar-refractivity contribution >= 4 is 5.97 Å². The van der Waals surface area contributed by atoms with Gasteiger partial charge in [0.05, 0.1) is 6.61 Å². The maximum Gasteiger partial charge on any atom is 0.300 e. The molecule has 126 valence electrons. The number of carboxylic acids is 1. The van der Waals surface area contributed by atoms with E-state index in [-0.39, 0.29) is 11.9 Å². The molecular formula is C19H19FO4. The summed E-state index contributed by atoms with van der Waals surface area (Å²) in [6, 6.07) is 11.2. The van der Waals surface area contributed by atoms with E-state index in [0.717, 1.165) is 49.9 Å². The van der Waals surface area contributed by atoms with E-state index in [4.69, 9.17) is 19.4 Å². The molecule has 0 unspecified atom stereocenters. The first kappa shape index (κ1) is 16.3. The number of hydrogen-bond donors (Lipinski definition) is 1. The van der Waals surface area contributed by atoms with Crippen molar-refractivity contribution in [2.24, 2.45) is 0 Å². The van der Waals surface area contributed by atoms with E-state index in [1.54, 1.807) is 6.07 Å². The molecule has 2 aliphatic rings. The van der Waals surface area contributed by atoms with E-state index in [0.29, 0.717) is 5.56 Å². The van der Waals surface area contributed by atoms with Gasteiger partial charge in [0.2, 0.25) is 0 Å². The fourth-order valence-corrected chi connectivity index (χ4v) is 3.09. The lowest BCUT2D eigenvalue weighted by Gasteiger charge is -2.16. The molecule has 0 saturated heterocycles. The SMILES string of the molecule is CC(=O)O.Fc1cccc2c1[C@H](Oc1ccc3c(c1)OCC3)CC2. The Balaban J connectivity index is 0.000000383. The van der Waals surface area contributed by atoms with Crippen molar-refractivity contribution in [1.82, 2.24) is 0 Å². The van der Waals surface area contributed by atoms with Crippen LogP contribution >= 0.6 is 0 Å². The highest BCUT2D eigenvalue weighted by Gasteiger charge is 2.27. The molecule has 24 heavy (non-hydrogen) atoms. The van der Waals surface area contributed by atoms with E-state index in [9.17, 15) is 4.39 Å². The minimum absolute atomic E-state index is 0.164. The Labute approximate surface area is 139 Å². The number of rotatable bonds is 2. The van der Waals surface area contributed by atoms with Gasteiger partial charge >= 0.3 is 0 Å². The Hall–Kier alpha value is -2.56. The normalized spacial score (nSPS) is 17.2. The average molecular weight is 330 g/mol. The lowest BCUT2D eigenvalue weighted by atomic mass is 10.1. The van der Waals surface area contributed by atoms with Crippen LogP contribution < -0.4 is 9.47 Å². The summed E-state index contributed by atoms with van der Waals surface area (Å²) in [5.74, 6) is 0.656. The molecule has 4 nitrogen and oxygen atoms in total. The Morgan fingerprint density at radius 1 is 1.25 bits per heavy atom. The van der Waals surface area contributed by atoms with Crippen LogP contribution in [-0.2, 0) is 17.6 Å². The summed E-state index contributed by atoms with van der Waals surface area (Å²) in [7, 11) is 0. The van der Waals surface area contributed by atoms with Crippen LogP contribution in [0.3, 0.4) is 0 Å². The molecule has 0 bridgehead atoms. The van der Waals surface area contributed by atoms with E-state index in [1.807, 2.05) is 24.3 Å². The standard InChI is InChI=1S/C17H15FO2.C2H4O2/c18-14-3-1-2-12-5-7-15(17(12)14)20-13-6-4-11-8-9-19-16(11)10-13;1-2(3)4/h1-4,6,10,15H,5,7-9H2;1H3,(H,3,4)/t15-;/m1./s1. The van der Waals surface area contributed by atoms with Gasteiger partial charge in [-0.25, -0.2) is 4.39 Å². The lowest BCUT2D eigenvalue weighted by molar-refractivity contribution is -0.134. The molecule has 0 spiro atoms. The molecule has 0 radical (unpaired) electrons. The van der Waals surface area contributed by atoms with E-state index in [1.165, 1.54) is 11.6 Å². The summed E-state index contributed by atoms with van der Waals surface area (Å²) >= 11 is 0. The van der Waals surface area contributed by atoms with Gasteiger partial charge in [0.25, 0.3) is 5.97 Å². The molecule has 5 heteroatoms. The maximum absolute atomic E-state index is 14.0. The van der Waals surface area contributed by atoms with Crippen LogP contribution in [-0.4, -0.2) is 17.7 Å². The molecule has 1 atom stereocenters. The molecule has 4 rings (SSSR count). The highest BCUT2D eigenvalue weighted by Crippen LogP contribution is 2.38. The van der Waals surface area contributed by atoms with Gasteiger partial charge < -0.3 is 14.6 Å². The number of ether oxygens (including phenoxy) is 2. The van der Waals surface area contributed by atoms with Gasteiger partial charge in [0.15, 0.2) is 0 Å². The maximum atomic E-state index is 14.0. The fourth-order valence-electron chi connectivity index (χ4n) is 3.09. The minimum atomic E-state index is -0.833. The van der Waals surface area contributed by atoms with Gasteiger partial charge in [-0.05, 0) is 36.1 Å². The second-order valence-electron chi connectivity index (χ2n) is 5.84. The number of carbonyl (C=O) groups is 1. The van der Waals surface area contributed by atoms with Crippen molar-refractivity contribution in [3.05, 3.63) is 58.9 Å². The molecule has 0 aromatic heterocycles. The number of fused-ring (bicyclic) bond motifs is 2. The number of halogens is 1. The summed E-state index contributed by atoms with van der Waals surface area (Å²) < 4.78 is 25.5. The van der Waals surface area contributed by atoms with Crippen molar-refractivity contribution in [2.45, 2.75) is 32.3 Å². The number of benzene rings is 2. The first-order valence-corrected chi connectivity index (χ1v) is 7.94. The van der Waals surface area contributed by atoms with E-state index < -0.39 is 5.97 Å². The molecule has 2 aromatic carbocycles. The number of aryl methyl sites for hydroxylation is 1. The molecule has 0 fully saturated rings. The van der Waals surface area contributed by atoms with Crippen LogP contribution in [0.1, 0.15) is 36.1 Å². The Morgan fingerprint density at radius 3 is 2.83 bits per heavy atom. The molecule has 2 aromatic rings. The Kier molecular flexibility index (Phi) is 4.69. The number of carboxylic acid groups (broad SMARTS) is 1. The van der Waals surface area contributed by atoms with Gasteiger partial charge in [0.1, 0.15) is 23.4 Å². The molecular weight excluding hydrogens is 311 g/mol. The van der Waals surface area contributed by atoms with Gasteiger partial charge in [0, 0.05) is 25.0 Å². The van der Waals surface area contributed by atoms with Crippen molar-refractivity contribution in [3.8, 4) is 11.5 Å². The second-order valence-corrected chi connectivity index (χ2v) is 5.84. The van der Waals surface area contributed by atoms with Gasteiger partial charge in [-0.1, -0.05) is 18.2 Å². The number of aliphatic carboxylic acids is 1. The van der Waals surface area contributed by atoms with Gasteiger partial charge in [-0.2, -0.15) is 0 Å². The van der Waals surface area contributed by atoms with Crippen molar-refractivity contribution in [2.75, 3.05) is 6.61 Å². The van der Waals surface area contributed by atoms with Crippen molar-refractivity contribution < 1.29 is 23.8 Å². The molecule has 0 saturated carbocycles. The largest absolute Gasteiger partial charge is 0.493 e. The quantitative estimate of drug-likeness (QED) is 0.907. The third kappa shape index (κ3) is 3.50. The third-order valence-electron chi connectivity index (χ3n) is 4.09. The van der Waals surface area contributed by atoms with Crippen molar-refractivity contribution in [3.63, 3.8) is 0 Å². The highest BCUT2D eigenvalue weighted by atomic mass is 19.1.